The Balaban J connectivity index is 2.30. The van der Waals surface area contributed by atoms with Gasteiger partial charge in [-0.25, -0.2) is 0 Å². The number of anilines is 1. The van der Waals surface area contributed by atoms with Crippen LogP contribution in [0.5, 0.6) is 0 Å². The number of rotatable bonds is 5. The van der Waals surface area contributed by atoms with Crippen LogP contribution in [0.2, 0.25) is 0 Å². The molecule has 1 heterocycles. The van der Waals surface area contributed by atoms with Gasteiger partial charge in [0.05, 0.1) is 18.3 Å². The Morgan fingerprint density at radius 2 is 2.05 bits per heavy atom. The molecule has 0 spiro atoms. The summed E-state index contributed by atoms with van der Waals surface area (Å²) in [5.74, 6) is 0.373. The van der Waals surface area contributed by atoms with Crippen LogP contribution >= 0.6 is 0 Å². The molecule has 0 saturated carbocycles. The predicted molar refractivity (Wildman–Crippen MR) is 84.4 cm³/mol. The fourth-order valence-corrected chi connectivity index (χ4v) is 4.54. The zero-order valence-corrected chi connectivity index (χ0v) is 13.5. The molecule has 1 aliphatic heterocycles. The minimum absolute atomic E-state index is 0.0667. The minimum atomic E-state index is -3.60. The first-order chi connectivity index (χ1) is 9.91. The van der Waals surface area contributed by atoms with Gasteiger partial charge in [-0.15, -0.1) is 0 Å². The summed E-state index contributed by atoms with van der Waals surface area (Å²) in [5, 5.41) is 9.67. The first kappa shape index (κ1) is 16.3. The van der Waals surface area contributed by atoms with Crippen LogP contribution in [0.4, 0.5) is 5.69 Å². The average Bonchev–Trinajstić information content (AvgIpc) is 2.45. The molecule has 0 unspecified atom stereocenters. The number of aliphatic hydroxyl groups excluding tert-OH is 1. The van der Waals surface area contributed by atoms with Gasteiger partial charge in [0, 0.05) is 13.1 Å². The van der Waals surface area contributed by atoms with Crippen molar-refractivity contribution in [3.8, 4) is 0 Å². The molecule has 0 amide bonds. The Kier molecular flexibility index (Phi) is 5.24. The third kappa shape index (κ3) is 3.96. The van der Waals surface area contributed by atoms with Crippen molar-refractivity contribution in [3.05, 3.63) is 30.3 Å². The van der Waals surface area contributed by atoms with Gasteiger partial charge in [-0.3, -0.25) is 4.31 Å². The van der Waals surface area contributed by atoms with Gasteiger partial charge in [-0.05, 0) is 37.8 Å². The van der Waals surface area contributed by atoms with Crippen LogP contribution in [0, 0.1) is 5.92 Å². The van der Waals surface area contributed by atoms with Gasteiger partial charge >= 0.3 is 10.2 Å². The smallest absolute Gasteiger partial charge is 0.304 e. The molecular formula is C15H24N2O3S. The SMILES string of the molecule is C[C@@H]1CCCN(S(=O)(=O)N(C[C@H](C)O)c2ccccc2)C1. The average molecular weight is 312 g/mol. The summed E-state index contributed by atoms with van der Waals surface area (Å²) in [4.78, 5) is 0. The van der Waals surface area contributed by atoms with E-state index in [2.05, 4.69) is 6.92 Å². The lowest BCUT2D eigenvalue weighted by Gasteiger charge is -2.35. The third-order valence-electron chi connectivity index (χ3n) is 3.70. The van der Waals surface area contributed by atoms with Crippen LogP contribution in [-0.2, 0) is 10.2 Å². The van der Waals surface area contributed by atoms with Crippen LogP contribution in [0.3, 0.4) is 0 Å². The maximum absolute atomic E-state index is 12.9. The van der Waals surface area contributed by atoms with E-state index in [4.69, 9.17) is 0 Å². The third-order valence-corrected chi connectivity index (χ3v) is 5.60. The lowest BCUT2D eigenvalue weighted by atomic mass is 10.0. The topological polar surface area (TPSA) is 60.9 Å². The van der Waals surface area contributed by atoms with Crippen LogP contribution in [0.1, 0.15) is 26.7 Å². The summed E-state index contributed by atoms with van der Waals surface area (Å²) in [6.07, 6.45) is 1.23. The van der Waals surface area contributed by atoms with E-state index < -0.39 is 16.3 Å². The van der Waals surface area contributed by atoms with Gasteiger partial charge in [0.25, 0.3) is 0 Å². The highest BCUT2D eigenvalue weighted by molar-refractivity contribution is 7.90. The van der Waals surface area contributed by atoms with Gasteiger partial charge in [0.15, 0.2) is 0 Å². The van der Waals surface area contributed by atoms with Gasteiger partial charge in [0.1, 0.15) is 0 Å². The second kappa shape index (κ2) is 6.77. The largest absolute Gasteiger partial charge is 0.392 e. The summed E-state index contributed by atoms with van der Waals surface area (Å²) in [5.41, 5.74) is 0.594. The van der Waals surface area contributed by atoms with Crippen molar-refractivity contribution in [1.82, 2.24) is 4.31 Å². The standard InChI is InChI=1S/C15H24N2O3S/c1-13-7-6-10-16(11-13)21(19,20)17(12-14(2)18)15-8-4-3-5-9-15/h3-5,8-9,13-14,18H,6-7,10-12H2,1-2H3/t13-,14+/m1/s1. The van der Waals surface area contributed by atoms with E-state index in [0.717, 1.165) is 12.8 Å². The molecule has 6 heteroatoms. The Morgan fingerprint density at radius 3 is 2.62 bits per heavy atom. The summed E-state index contributed by atoms with van der Waals surface area (Å²) in [7, 11) is -3.60. The van der Waals surface area contributed by atoms with Gasteiger partial charge in [-0.2, -0.15) is 12.7 Å². The molecule has 0 radical (unpaired) electrons. The molecule has 1 aromatic carbocycles. The van der Waals surface area contributed by atoms with Gasteiger partial charge in [0.2, 0.25) is 0 Å². The van der Waals surface area contributed by atoms with E-state index in [1.807, 2.05) is 6.07 Å². The number of aliphatic hydroxyl groups is 1. The highest BCUT2D eigenvalue weighted by Gasteiger charge is 2.33. The Hall–Kier alpha value is -1.11. The monoisotopic (exact) mass is 312 g/mol. The lowest BCUT2D eigenvalue weighted by molar-refractivity contribution is 0.202. The number of nitrogens with zero attached hydrogens (tertiary/aromatic N) is 2. The molecule has 1 aromatic rings. The fourth-order valence-electron chi connectivity index (χ4n) is 2.66. The Bertz CT molecular complexity index is 545. The van der Waals surface area contributed by atoms with Crippen molar-refractivity contribution in [3.63, 3.8) is 0 Å². The summed E-state index contributed by atoms with van der Waals surface area (Å²) < 4.78 is 28.7. The molecule has 21 heavy (non-hydrogen) atoms. The summed E-state index contributed by atoms with van der Waals surface area (Å²) in [6.45, 7) is 4.84. The Labute approximate surface area is 127 Å². The quantitative estimate of drug-likeness (QED) is 0.902. The summed E-state index contributed by atoms with van der Waals surface area (Å²) in [6, 6.07) is 8.97. The van der Waals surface area contributed by atoms with Crippen molar-refractivity contribution in [2.75, 3.05) is 23.9 Å². The van der Waals surface area contributed by atoms with Crippen LogP contribution in [0.15, 0.2) is 30.3 Å². The number of piperidine rings is 1. The van der Waals surface area contributed by atoms with E-state index in [9.17, 15) is 13.5 Å². The first-order valence-corrected chi connectivity index (χ1v) is 8.82. The van der Waals surface area contributed by atoms with Crippen molar-refractivity contribution in [2.24, 2.45) is 5.92 Å². The first-order valence-electron chi connectivity index (χ1n) is 7.42. The van der Waals surface area contributed by atoms with E-state index in [0.29, 0.717) is 24.7 Å². The Morgan fingerprint density at radius 1 is 1.38 bits per heavy atom. The second-order valence-electron chi connectivity index (χ2n) is 5.83. The molecule has 118 valence electrons. The van der Waals surface area contributed by atoms with Crippen LogP contribution < -0.4 is 4.31 Å². The van der Waals surface area contributed by atoms with Gasteiger partial charge < -0.3 is 5.11 Å². The van der Waals surface area contributed by atoms with E-state index in [-0.39, 0.29) is 6.54 Å². The zero-order chi connectivity index (χ0) is 15.5. The molecule has 1 fully saturated rings. The molecule has 0 aliphatic carbocycles. The van der Waals surface area contributed by atoms with Crippen molar-refractivity contribution >= 4 is 15.9 Å². The number of hydrogen-bond acceptors (Lipinski definition) is 3. The molecule has 1 saturated heterocycles. The van der Waals surface area contributed by atoms with Crippen LogP contribution in [-0.4, -0.2) is 43.6 Å². The zero-order valence-electron chi connectivity index (χ0n) is 12.6. The molecule has 0 aromatic heterocycles. The molecule has 1 N–H and O–H groups in total. The summed E-state index contributed by atoms with van der Waals surface area (Å²) >= 11 is 0. The second-order valence-corrected chi connectivity index (χ2v) is 7.68. The molecule has 2 rings (SSSR count). The van der Waals surface area contributed by atoms with E-state index >= 15 is 0 Å². The van der Waals surface area contributed by atoms with E-state index in [1.165, 1.54) is 8.61 Å². The van der Waals surface area contributed by atoms with Crippen molar-refractivity contribution in [2.45, 2.75) is 32.8 Å². The lowest BCUT2D eigenvalue weighted by Crippen LogP contribution is -2.49. The normalized spacial score (nSPS) is 22.0. The van der Waals surface area contributed by atoms with Gasteiger partial charge in [-0.1, -0.05) is 25.1 Å². The maximum atomic E-state index is 12.9. The number of para-hydroxylation sites is 1. The van der Waals surface area contributed by atoms with Crippen molar-refractivity contribution < 1.29 is 13.5 Å². The molecule has 5 nitrogen and oxygen atoms in total. The van der Waals surface area contributed by atoms with Crippen LogP contribution in [0.25, 0.3) is 0 Å². The predicted octanol–water partition coefficient (Wildman–Crippen LogP) is 1.85. The number of benzene rings is 1. The minimum Gasteiger partial charge on any atom is -0.392 e. The molecule has 0 bridgehead atoms. The highest BCUT2D eigenvalue weighted by atomic mass is 32.2. The van der Waals surface area contributed by atoms with Crippen molar-refractivity contribution in [1.29, 1.82) is 0 Å². The maximum Gasteiger partial charge on any atom is 0.304 e. The molecular weight excluding hydrogens is 288 g/mol. The highest BCUT2D eigenvalue weighted by Crippen LogP contribution is 2.25. The number of hydrogen-bond donors (Lipinski definition) is 1. The fraction of sp³-hybridized carbons (Fsp3) is 0.600. The van der Waals surface area contributed by atoms with E-state index in [1.54, 1.807) is 31.2 Å². The molecule has 2 atom stereocenters. The molecule has 1 aliphatic rings.